The van der Waals surface area contributed by atoms with Gasteiger partial charge in [0.15, 0.2) is 0 Å². The van der Waals surface area contributed by atoms with Crippen LogP contribution in [0.25, 0.3) is 10.9 Å². The number of rotatable bonds is 3. The quantitative estimate of drug-likeness (QED) is 0.575. The molecule has 13 heteroatoms. The minimum atomic E-state index is -5.08. The van der Waals surface area contributed by atoms with E-state index in [1.807, 2.05) is 24.3 Å². The second kappa shape index (κ2) is 9.08. The van der Waals surface area contributed by atoms with Gasteiger partial charge in [0.2, 0.25) is 5.91 Å². The first-order chi connectivity index (χ1) is 15.1. The number of hydrogen-bond acceptors (Lipinski definition) is 6. The number of halogens is 3. The molecule has 1 aromatic carbocycles. The summed E-state index contributed by atoms with van der Waals surface area (Å²) in [4.78, 5) is 42.7. The first kappa shape index (κ1) is 22.8. The Morgan fingerprint density at radius 1 is 1.28 bits per heavy atom. The molecule has 1 unspecified atom stereocenters. The molecule has 1 amide bonds. The van der Waals surface area contributed by atoms with Crippen LogP contribution in [0.1, 0.15) is 11.4 Å². The summed E-state index contributed by atoms with van der Waals surface area (Å²) in [5.74, 6) is -3.38. The number of nitrogens with zero attached hydrogens (tertiary/aromatic N) is 4. The summed E-state index contributed by atoms with van der Waals surface area (Å²) in [6, 6.07) is 7.01. The van der Waals surface area contributed by atoms with E-state index in [9.17, 15) is 22.8 Å². The van der Waals surface area contributed by atoms with Crippen LogP contribution in [0.2, 0.25) is 0 Å². The number of fused-ring (bicyclic) bond motifs is 2. The second-order valence-electron chi connectivity index (χ2n) is 6.76. The molecule has 1 atom stereocenters. The lowest BCUT2D eigenvalue weighted by Gasteiger charge is -2.33. The monoisotopic (exact) mass is 453 g/mol. The highest BCUT2D eigenvalue weighted by Gasteiger charge is 2.38. The maximum absolute atomic E-state index is 12.9. The first-order valence-electron chi connectivity index (χ1n) is 9.21. The number of esters is 1. The summed E-state index contributed by atoms with van der Waals surface area (Å²) in [5.41, 5.74) is 2.52. The topological polar surface area (TPSA) is 130 Å². The molecule has 170 valence electrons. The molecule has 0 bridgehead atoms. The number of hydrogen-bond donors (Lipinski definition) is 2. The van der Waals surface area contributed by atoms with Crippen molar-refractivity contribution in [3.63, 3.8) is 0 Å². The molecular formula is C19H18F3N5O5. The Morgan fingerprint density at radius 3 is 2.62 bits per heavy atom. The maximum Gasteiger partial charge on any atom is 0.490 e. The normalized spacial score (nSPS) is 15.5. The molecule has 1 aliphatic rings. The molecule has 4 rings (SSSR count). The number of aromatic amines is 1. The van der Waals surface area contributed by atoms with Gasteiger partial charge >= 0.3 is 18.1 Å². The van der Waals surface area contributed by atoms with Gasteiger partial charge in [0.25, 0.3) is 0 Å². The van der Waals surface area contributed by atoms with Crippen LogP contribution in [0.4, 0.5) is 13.2 Å². The number of imidazole rings is 1. The van der Waals surface area contributed by atoms with E-state index in [0.29, 0.717) is 13.0 Å². The number of carbonyl (C=O) groups excluding carboxylic acids is 2. The lowest BCUT2D eigenvalue weighted by molar-refractivity contribution is -0.192. The first-order valence-corrected chi connectivity index (χ1v) is 9.21. The average molecular weight is 453 g/mol. The number of benzene rings is 1. The standard InChI is InChI=1S/C17H17N5O3.C2HF3O2/c1-25-17(24)15-6-12-13(19-10-18-12)8-21(15)16(23)9-22-14-5-3-2-4-11(14)7-20-22;3-2(4,5)1(6)7/h2-5,7,10,15H,6,8-9H2,1H3,(H,18,19);(H,6,7). The van der Waals surface area contributed by atoms with Gasteiger partial charge in [-0.3, -0.25) is 9.48 Å². The SMILES string of the molecule is COC(=O)C1Cc2nc[nH]c2CN1C(=O)Cn1ncc2ccccc21.O=C(O)C(F)(F)F. The number of alkyl halides is 3. The molecular weight excluding hydrogens is 435 g/mol. The van der Waals surface area contributed by atoms with E-state index in [2.05, 4.69) is 15.1 Å². The number of aromatic nitrogens is 4. The summed E-state index contributed by atoms with van der Waals surface area (Å²) in [7, 11) is 1.33. The zero-order chi connectivity index (χ0) is 23.5. The Hall–Kier alpha value is -3.90. The van der Waals surface area contributed by atoms with Crippen molar-refractivity contribution in [1.82, 2.24) is 24.6 Å². The largest absolute Gasteiger partial charge is 0.490 e. The van der Waals surface area contributed by atoms with E-state index >= 15 is 0 Å². The number of amides is 1. The Labute approximate surface area is 178 Å². The number of methoxy groups -OCH3 is 1. The Balaban J connectivity index is 0.000000360. The lowest BCUT2D eigenvalue weighted by Crippen LogP contribution is -2.50. The summed E-state index contributed by atoms with van der Waals surface area (Å²) >= 11 is 0. The Bertz CT molecular complexity index is 1140. The van der Waals surface area contributed by atoms with Crippen molar-refractivity contribution < 1.29 is 37.4 Å². The van der Waals surface area contributed by atoms with Crippen molar-refractivity contribution in [2.75, 3.05) is 7.11 Å². The van der Waals surface area contributed by atoms with Crippen molar-refractivity contribution in [3.05, 3.63) is 48.2 Å². The molecule has 32 heavy (non-hydrogen) atoms. The number of para-hydroxylation sites is 1. The van der Waals surface area contributed by atoms with Gasteiger partial charge < -0.3 is 19.7 Å². The number of ether oxygens (including phenoxy) is 1. The third-order valence-corrected chi connectivity index (χ3v) is 4.77. The van der Waals surface area contributed by atoms with E-state index in [1.54, 1.807) is 17.2 Å². The molecule has 3 aromatic rings. The van der Waals surface area contributed by atoms with Gasteiger partial charge in [-0.1, -0.05) is 18.2 Å². The minimum Gasteiger partial charge on any atom is -0.475 e. The fraction of sp³-hybridized carbons (Fsp3) is 0.316. The molecule has 1 aliphatic heterocycles. The molecule has 0 fully saturated rings. The van der Waals surface area contributed by atoms with E-state index in [0.717, 1.165) is 22.3 Å². The van der Waals surface area contributed by atoms with Gasteiger partial charge in [-0.2, -0.15) is 18.3 Å². The van der Waals surface area contributed by atoms with E-state index in [-0.39, 0.29) is 12.5 Å². The predicted molar refractivity (Wildman–Crippen MR) is 102 cm³/mol. The van der Waals surface area contributed by atoms with Crippen LogP contribution in [0, 0.1) is 0 Å². The van der Waals surface area contributed by atoms with Crippen molar-refractivity contribution in [3.8, 4) is 0 Å². The summed E-state index contributed by atoms with van der Waals surface area (Å²) in [6.45, 7) is 0.359. The lowest BCUT2D eigenvalue weighted by atomic mass is 10.0. The third-order valence-electron chi connectivity index (χ3n) is 4.77. The van der Waals surface area contributed by atoms with Crippen LogP contribution in [0.3, 0.4) is 0 Å². The molecule has 10 nitrogen and oxygen atoms in total. The minimum absolute atomic E-state index is 0.0600. The Morgan fingerprint density at radius 2 is 1.97 bits per heavy atom. The molecule has 3 heterocycles. The highest BCUT2D eigenvalue weighted by molar-refractivity contribution is 5.86. The van der Waals surface area contributed by atoms with Crippen LogP contribution in [-0.4, -0.2) is 66.9 Å². The fourth-order valence-electron chi connectivity index (χ4n) is 3.22. The zero-order valence-corrected chi connectivity index (χ0v) is 16.7. The smallest absolute Gasteiger partial charge is 0.475 e. The molecule has 0 spiro atoms. The average Bonchev–Trinajstić information content (AvgIpc) is 3.38. The van der Waals surface area contributed by atoms with Crippen molar-refractivity contribution in [2.24, 2.45) is 0 Å². The van der Waals surface area contributed by atoms with Gasteiger partial charge in [0.1, 0.15) is 12.6 Å². The van der Waals surface area contributed by atoms with Gasteiger partial charge in [-0.15, -0.1) is 0 Å². The highest BCUT2D eigenvalue weighted by Crippen LogP contribution is 2.22. The van der Waals surface area contributed by atoms with Gasteiger partial charge in [-0.25, -0.2) is 14.6 Å². The fourth-order valence-corrected chi connectivity index (χ4v) is 3.22. The van der Waals surface area contributed by atoms with Crippen molar-refractivity contribution in [2.45, 2.75) is 31.7 Å². The van der Waals surface area contributed by atoms with Crippen molar-refractivity contribution >= 4 is 28.7 Å². The number of aliphatic carboxylic acids is 1. The summed E-state index contributed by atoms with van der Waals surface area (Å²) in [6.07, 6.45) is -1.44. The number of nitrogens with one attached hydrogen (secondary N) is 1. The number of carbonyl (C=O) groups is 3. The van der Waals surface area contributed by atoms with Crippen LogP contribution in [0.5, 0.6) is 0 Å². The molecule has 0 saturated heterocycles. The van der Waals surface area contributed by atoms with Crippen LogP contribution < -0.4 is 0 Å². The second-order valence-corrected chi connectivity index (χ2v) is 6.76. The van der Waals surface area contributed by atoms with E-state index in [1.165, 1.54) is 12.0 Å². The predicted octanol–water partition coefficient (Wildman–Crippen LogP) is 1.52. The van der Waals surface area contributed by atoms with Gasteiger partial charge in [0, 0.05) is 11.8 Å². The third kappa shape index (κ3) is 4.87. The van der Waals surface area contributed by atoms with E-state index in [4.69, 9.17) is 14.6 Å². The number of carboxylic acids is 1. The Kier molecular flexibility index (Phi) is 6.46. The van der Waals surface area contributed by atoms with Crippen LogP contribution in [0.15, 0.2) is 36.8 Å². The zero-order valence-electron chi connectivity index (χ0n) is 16.7. The van der Waals surface area contributed by atoms with E-state index < -0.39 is 24.2 Å². The molecule has 0 radical (unpaired) electrons. The molecule has 0 saturated carbocycles. The highest BCUT2D eigenvalue weighted by atomic mass is 19.4. The molecule has 0 aliphatic carbocycles. The molecule has 2 N–H and O–H groups in total. The van der Waals surface area contributed by atoms with Gasteiger partial charge in [0.05, 0.1) is 43.1 Å². The van der Waals surface area contributed by atoms with Crippen LogP contribution >= 0.6 is 0 Å². The number of H-pyrrole nitrogens is 1. The number of carboxylic acid groups (broad SMARTS) is 1. The van der Waals surface area contributed by atoms with Crippen LogP contribution in [-0.2, 0) is 38.6 Å². The van der Waals surface area contributed by atoms with Gasteiger partial charge in [-0.05, 0) is 6.07 Å². The molecule has 2 aromatic heterocycles. The summed E-state index contributed by atoms with van der Waals surface area (Å²) in [5, 5.41) is 12.4. The maximum atomic E-state index is 12.9. The summed E-state index contributed by atoms with van der Waals surface area (Å²) < 4.78 is 38.3. The van der Waals surface area contributed by atoms with Crippen molar-refractivity contribution in [1.29, 1.82) is 0 Å².